The molecule has 1 unspecified atom stereocenters. The van der Waals surface area contributed by atoms with Gasteiger partial charge in [-0.3, -0.25) is 9.59 Å². The molecule has 1 aromatic rings. The lowest BCUT2D eigenvalue weighted by Gasteiger charge is -2.08. The van der Waals surface area contributed by atoms with Crippen LogP contribution in [0.3, 0.4) is 0 Å². The Labute approximate surface area is 96.5 Å². The smallest absolute Gasteiger partial charge is 0.305 e. The highest BCUT2D eigenvalue weighted by Crippen LogP contribution is 2.07. The quantitative estimate of drug-likeness (QED) is 0.668. The Kier molecular flexibility index (Phi) is 4.39. The molecule has 0 aliphatic rings. The third kappa shape index (κ3) is 3.95. The molecule has 16 heavy (non-hydrogen) atoms. The van der Waals surface area contributed by atoms with Crippen LogP contribution >= 0.6 is 11.3 Å². The van der Waals surface area contributed by atoms with Crippen molar-refractivity contribution in [3.05, 3.63) is 16.1 Å². The first kappa shape index (κ1) is 12.6. The zero-order valence-corrected chi connectivity index (χ0v) is 9.58. The van der Waals surface area contributed by atoms with E-state index in [2.05, 4.69) is 10.3 Å². The summed E-state index contributed by atoms with van der Waals surface area (Å²) in [5.74, 6) is -1.57. The number of aromatic nitrogens is 1. The van der Waals surface area contributed by atoms with Gasteiger partial charge in [0.15, 0.2) is 0 Å². The third-order valence-electron chi connectivity index (χ3n) is 1.81. The van der Waals surface area contributed by atoms with E-state index in [1.165, 1.54) is 11.3 Å². The summed E-state index contributed by atoms with van der Waals surface area (Å²) in [6, 6.07) is -1.02. The lowest BCUT2D eigenvalue weighted by Crippen LogP contribution is -2.41. The number of carbonyl (C=O) groups is 2. The summed E-state index contributed by atoms with van der Waals surface area (Å²) in [6.45, 7) is 2.14. The minimum Gasteiger partial charge on any atom is -0.481 e. The van der Waals surface area contributed by atoms with Gasteiger partial charge in [0.2, 0.25) is 5.91 Å². The molecule has 0 saturated heterocycles. The largest absolute Gasteiger partial charge is 0.481 e. The average molecular weight is 243 g/mol. The summed E-state index contributed by atoms with van der Waals surface area (Å²) >= 11 is 1.43. The van der Waals surface area contributed by atoms with Crippen LogP contribution in [-0.2, 0) is 16.1 Å². The number of nitrogens with two attached hydrogens (primary N) is 1. The molecule has 0 spiro atoms. The van der Waals surface area contributed by atoms with E-state index in [1.807, 2.05) is 12.3 Å². The van der Waals surface area contributed by atoms with E-state index in [-0.39, 0.29) is 13.0 Å². The van der Waals surface area contributed by atoms with Crippen LogP contribution in [0.4, 0.5) is 0 Å². The summed E-state index contributed by atoms with van der Waals surface area (Å²) in [5, 5.41) is 13.6. The van der Waals surface area contributed by atoms with Crippen LogP contribution in [0.5, 0.6) is 0 Å². The normalized spacial score (nSPS) is 12.1. The Morgan fingerprint density at radius 2 is 2.38 bits per heavy atom. The Bertz CT molecular complexity index is 391. The first-order valence-electron chi connectivity index (χ1n) is 4.65. The molecular formula is C9H13N3O3S. The first-order chi connectivity index (χ1) is 7.49. The molecular weight excluding hydrogens is 230 g/mol. The fourth-order valence-corrected chi connectivity index (χ4v) is 1.77. The molecule has 0 aromatic carbocycles. The second-order valence-electron chi connectivity index (χ2n) is 3.30. The monoisotopic (exact) mass is 243 g/mol. The molecule has 1 rings (SSSR count). The number of nitrogens with zero attached hydrogens (tertiary/aromatic N) is 1. The van der Waals surface area contributed by atoms with Crippen molar-refractivity contribution in [3.63, 3.8) is 0 Å². The SMILES string of the molecule is Cc1csc(CNC(=O)C(N)CC(=O)O)n1. The van der Waals surface area contributed by atoms with Crippen molar-refractivity contribution in [1.29, 1.82) is 0 Å². The maximum absolute atomic E-state index is 11.3. The molecule has 0 saturated carbocycles. The van der Waals surface area contributed by atoms with Crippen LogP contribution in [0.15, 0.2) is 5.38 Å². The van der Waals surface area contributed by atoms with Gasteiger partial charge in [-0.2, -0.15) is 0 Å². The second kappa shape index (κ2) is 5.57. The van der Waals surface area contributed by atoms with E-state index in [0.717, 1.165) is 10.7 Å². The summed E-state index contributed by atoms with van der Waals surface area (Å²) in [4.78, 5) is 25.8. The molecule has 88 valence electrons. The summed E-state index contributed by atoms with van der Waals surface area (Å²) < 4.78 is 0. The number of hydrogen-bond acceptors (Lipinski definition) is 5. The molecule has 1 amide bonds. The van der Waals surface area contributed by atoms with Crippen molar-refractivity contribution in [1.82, 2.24) is 10.3 Å². The van der Waals surface area contributed by atoms with Crippen molar-refractivity contribution >= 4 is 23.2 Å². The Morgan fingerprint density at radius 3 is 2.88 bits per heavy atom. The highest BCUT2D eigenvalue weighted by Gasteiger charge is 2.16. The van der Waals surface area contributed by atoms with Gasteiger partial charge >= 0.3 is 5.97 Å². The number of aryl methyl sites for hydroxylation is 1. The minimum atomic E-state index is -1.09. The van der Waals surface area contributed by atoms with Crippen molar-refractivity contribution < 1.29 is 14.7 Å². The zero-order chi connectivity index (χ0) is 12.1. The number of carbonyl (C=O) groups excluding carboxylic acids is 1. The van der Waals surface area contributed by atoms with Crippen LogP contribution in [0.1, 0.15) is 17.1 Å². The van der Waals surface area contributed by atoms with Gasteiger partial charge < -0.3 is 16.2 Å². The number of rotatable bonds is 5. The summed E-state index contributed by atoms with van der Waals surface area (Å²) in [6.07, 6.45) is -0.372. The maximum atomic E-state index is 11.3. The van der Waals surface area contributed by atoms with Gasteiger partial charge in [-0.25, -0.2) is 4.98 Å². The predicted octanol–water partition coefficient (Wildman–Crippen LogP) is -0.130. The Hall–Kier alpha value is -1.47. The number of aliphatic carboxylic acids is 1. The number of carboxylic acid groups (broad SMARTS) is 1. The fourth-order valence-electron chi connectivity index (χ4n) is 1.06. The first-order valence-corrected chi connectivity index (χ1v) is 5.53. The van der Waals surface area contributed by atoms with Gasteiger partial charge in [0, 0.05) is 11.1 Å². The number of hydrogen-bond donors (Lipinski definition) is 3. The number of nitrogens with one attached hydrogen (secondary N) is 1. The molecule has 6 nitrogen and oxygen atoms in total. The minimum absolute atomic E-state index is 0.282. The van der Waals surface area contributed by atoms with E-state index < -0.39 is 17.9 Å². The van der Waals surface area contributed by atoms with Crippen LogP contribution in [0.2, 0.25) is 0 Å². The van der Waals surface area contributed by atoms with E-state index in [1.54, 1.807) is 0 Å². The van der Waals surface area contributed by atoms with Crippen LogP contribution in [0.25, 0.3) is 0 Å². The number of carboxylic acids is 1. The number of thiazole rings is 1. The lowest BCUT2D eigenvalue weighted by atomic mass is 10.2. The number of amides is 1. The highest BCUT2D eigenvalue weighted by atomic mass is 32.1. The van der Waals surface area contributed by atoms with E-state index >= 15 is 0 Å². The maximum Gasteiger partial charge on any atom is 0.305 e. The van der Waals surface area contributed by atoms with Crippen molar-refractivity contribution in [3.8, 4) is 0 Å². The lowest BCUT2D eigenvalue weighted by molar-refractivity contribution is -0.139. The molecule has 4 N–H and O–H groups in total. The van der Waals surface area contributed by atoms with Gasteiger partial charge in [0.05, 0.1) is 19.0 Å². The van der Waals surface area contributed by atoms with Crippen LogP contribution < -0.4 is 11.1 Å². The van der Waals surface area contributed by atoms with Crippen LogP contribution in [-0.4, -0.2) is 28.0 Å². The average Bonchev–Trinajstić information content (AvgIpc) is 2.59. The van der Waals surface area contributed by atoms with E-state index in [9.17, 15) is 9.59 Å². The molecule has 1 aromatic heterocycles. The van der Waals surface area contributed by atoms with E-state index in [4.69, 9.17) is 10.8 Å². The molecule has 0 bridgehead atoms. The second-order valence-corrected chi connectivity index (χ2v) is 4.25. The fraction of sp³-hybridized carbons (Fsp3) is 0.444. The van der Waals surface area contributed by atoms with Crippen molar-refractivity contribution in [2.45, 2.75) is 25.9 Å². The highest BCUT2D eigenvalue weighted by molar-refractivity contribution is 7.09. The van der Waals surface area contributed by atoms with Gasteiger partial charge in [0.25, 0.3) is 0 Å². The molecule has 0 aliphatic heterocycles. The Balaban J connectivity index is 2.37. The topological polar surface area (TPSA) is 105 Å². The van der Waals surface area contributed by atoms with Gasteiger partial charge in [-0.05, 0) is 6.92 Å². The summed E-state index contributed by atoms with van der Waals surface area (Å²) in [5.41, 5.74) is 6.27. The van der Waals surface area contributed by atoms with Crippen LogP contribution in [0, 0.1) is 6.92 Å². The van der Waals surface area contributed by atoms with Gasteiger partial charge in [-0.1, -0.05) is 0 Å². The molecule has 1 atom stereocenters. The van der Waals surface area contributed by atoms with Crippen molar-refractivity contribution in [2.24, 2.45) is 5.73 Å². The molecule has 0 radical (unpaired) electrons. The predicted molar refractivity (Wildman–Crippen MR) is 58.9 cm³/mol. The van der Waals surface area contributed by atoms with Gasteiger partial charge in [-0.15, -0.1) is 11.3 Å². The molecule has 1 heterocycles. The van der Waals surface area contributed by atoms with Crippen molar-refractivity contribution in [2.75, 3.05) is 0 Å². The third-order valence-corrected chi connectivity index (χ3v) is 2.78. The molecule has 0 aliphatic carbocycles. The molecule has 0 fully saturated rings. The zero-order valence-electron chi connectivity index (χ0n) is 8.77. The summed E-state index contributed by atoms with van der Waals surface area (Å²) in [7, 11) is 0. The standard InChI is InChI=1S/C9H13N3O3S/c1-5-4-16-7(12-5)3-11-9(15)6(10)2-8(13)14/h4,6H,2-3,10H2,1H3,(H,11,15)(H,13,14). The molecule has 7 heteroatoms. The Morgan fingerprint density at radius 1 is 1.69 bits per heavy atom. The van der Waals surface area contributed by atoms with E-state index in [0.29, 0.717) is 0 Å². The van der Waals surface area contributed by atoms with Gasteiger partial charge in [0.1, 0.15) is 5.01 Å².